The number of methoxy groups -OCH3 is 1. The summed E-state index contributed by atoms with van der Waals surface area (Å²) in [5.74, 6) is -0.0901. The highest BCUT2D eigenvalue weighted by atomic mass is 32.1. The molecule has 0 aliphatic carbocycles. The standard InChI is InChI=1S/C13H16N2O2S/c1-3-12(16)14-13-15(8-9-17-2)10-6-4-5-7-11(10)18-13/h4-7H,3,8-9H2,1-2H3. The number of para-hydroxylation sites is 1. The maximum absolute atomic E-state index is 11.5. The van der Waals surface area contributed by atoms with E-state index in [9.17, 15) is 4.79 Å². The molecule has 1 amide bonds. The Morgan fingerprint density at radius 3 is 2.94 bits per heavy atom. The number of rotatable bonds is 4. The zero-order chi connectivity index (χ0) is 13.0. The second kappa shape index (κ2) is 5.93. The predicted octanol–water partition coefficient (Wildman–Crippen LogP) is 2.19. The number of carbonyl (C=O) groups is 1. The van der Waals surface area contributed by atoms with Gasteiger partial charge in [-0.05, 0) is 12.1 Å². The molecule has 18 heavy (non-hydrogen) atoms. The number of amides is 1. The fourth-order valence-corrected chi connectivity index (χ4v) is 2.76. The molecule has 0 saturated heterocycles. The van der Waals surface area contributed by atoms with Crippen LogP contribution in [0.2, 0.25) is 0 Å². The molecule has 2 rings (SSSR count). The van der Waals surface area contributed by atoms with Gasteiger partial charge in [0.15, 0.2) is 4.80 Å². The van der Waals surface area contributed by atoms with E-state index in [4.69, 9.17) is 4.74 Å². The molecule has 1 aromatic carbocycles. The first-order valence-corrected chi connectivity index (χ1v) is 6.72. The summed E-state index contributed by atoms with van der Waals surface area (Å²) in [6, 6.07) is 8.06. The molecule has 5 heteroatoms. The number of ether oxygens (including phenoxy) is 1. The number of carbonyl (C=O) groups excluding carboxylic acids is 1. The number of fused-ring (bicyclic) bond motifs is 1. The van der Waals surface area contributed by atoms with Crippen LogP contribution in [0.25, 0.3) is 10.2 Å². The Balaban J connectivity index is 2.56. The second-order valence-corrected chi connectivity index (χ2v) is 4.86. The van der Waals surface area contributed by atoms with Gasteiger partial charge in [0.2, 0.25) is 5.91 Å². The average molecular weight is 264 g/mol. The minimum atomic E-state index is -0.0901. The van der Waals surface area contributed by atoms with Gasteiger partial charge in [0.05, 0.1) is 16.8 Å². The van der Waals surface area contributed by atoms with E-state index in [0.29, 0.717) is 19.6 Å². The summed E-state index contributed by atoms with van der Waals surface area (Å²) >= 11 is 1.54. The lowest BCUT2D eigenvalue weighted by molar-refractivity contribution is -0.117. The third-order valence-corrected chi connectivity index (χ3v) is 3.69. The van der Waals surface area contributed by atoms with E-state index in [1.165, 1.54) is 11.3 Å². The normalized spacial score (nSPS) is 12.2. The van der Waals surface area contributed by atoms with Gasteiger partial charge >= 0.3 is 0 Å². The van der Waals surface area contributed by atoms with Crippen molar-refractivity contribution in [2.75, 3.05) is 13.7 Å². The predicted molar refractivity (Wildman–Crippen MR) is 72.6 cm³/mol. The molecule has 1 aromatic heterocycles. The lowest BCUT2D eigenvalue weighted by Gasteiger charge is -2.03. The van der Waals surface area contributed by atoms with E-state index < -0.39 is 0 Å². The van der Waals surface area contributed by atoms with E-state index in [1.807, 2.05) is 35.8 Å². The highest BCUT2D eigenvalue weighted by Gasteiger charge is 2.06. The molecular weight excluding hydrogens is 248 g/mol. The monoisotopic (exact) mass is 264 g/mol. The lowest BCUT2D eigenvalue weighted by atomic mass is 10.3. The molecule has 96 valence electrons. The summed E-state index contributed by atoms with van der Waals surface area (Å²) in [6.07, 6.45) is 0.429. The van der Waals surface area contributed by atoms with Gasteiger partial charge in [0.1, 0.15) is 0 Å². The van der Waals surface area contributed by atoms with Crippen LogP contribution in [0.3, 0.4) is 0 Å². The first-order chi connectivity index (χ1) is 8.76. The summed E-state index contributed by atoms with van der Waals surface area (Å²) in [6.45, 7) is 3.13. The van der Waals surface area contributed by atoms with Crippen molar-refractivity contribution in [3.8, 4) is 0 Å². The van der Waals surface area contributed by atoms with Gasteiger partial charge in [-0.1, -0.05) is 30.4 Å². The Kier molecular flexibility index (Phi) is 4.28. The van der Waals surface area contributed by atoms with E-state index in [0.717, 1.165) is 15.0 Å². The van der Waals surface area contributed by atoms with Crippen LogP contribution in [0.15, 0.2) is 29.3 Å². The molecule has 0 spiro atoms. The molecule has 0 radical (unpaired) electrons. The zero-order valence-electron chi connectivity index (χ0n) is 10.5. The topological polar surface area (TPSA) is 43.6 Å². The average Bonchev–Trinajstić information content (AvgIpc) is 2.73. The smallest absolute Gasteiger partial charge is 0.248 e. The summed E-state index contributed by atoms with van der Waals surface area (Å²) in [4.78, 5) is 16.4. The number of thiazole rings is 1. The highest BCUT2D eigenvalue weighted by molar-refractivity contribution is 7.16. The molecule has 0 bridgehead atoms. The molecule has 0 saturated carbocycles. The van der Waals surface area contributed by atoms with E-state index in [2.05, 4.69) is 4.99 Å². The van der Waals surface area contributed by atoms with Crippen molar-refractivity contribution in [3.05, 3.63) is 29.1 Å². The van der Waals surface area contributed by atoms with Crippen LogP contribution in [0.1, 0.15) is 13.3 Å². The Morgan fingerprint density at radius 2 is 2.22 bits per heavy atom. The van der Waals surface area contributed by atoms with Crippen molar-refractivity contribution in [1.82, 2.24) is 4.57 Å². The largest absolute Gasteiger partial charge is 0.383 e. The Hall–Kier alpha value is -1.46. The van der Waals surface area contributed by atoms with Crippen LogP contribution in [0.4, 0.5) is 0 Å². The number of hydrogen-bond acceptors (Lipinski definition) is 3. The maximum Gasteiger partial charge on any atom is 0.248 e. The summed E-state index contributed by atoms with van der Waals surface area (Å²) in [5.41, 5.74) is 1.10. The van der Waals surface area contributed by atoms with Crippen LogP contribution in [0.5, 0.6) is 0 Å². The van der Waals surface area contributed by atoms with E-state index >= 15 is 0 Å². The fraction of sp³-hybridized carbons (Fsp3) is 0.385. The number of hydrogen-bond donors (Lipinski definition) is 0. The van der Waals surface area contributed by atoms with Crippen molar-refractivity contribution in [2.45, 2.75) is 19.9 Å². The molecule has 0 N–H and O–H groups in total. The third kappa shape index (κ3) is 2.68. The minimum Gasteiger partial charge on any atom is -0.383 e. The van der Waals surface area contributed by atoms with Gasteiger partial charge in [-0.15, -0.1) is 0 Å². The van der Waals surface area contributed by atoms with Crippen molar-refractivity contribution < 1.29 is 9.53 Å². The zero-order valence-corrected chi connectivity index (χ0v) is 11.4. The second-order valence-electron chi connectivity index (χ2n) is 3.86. The van der Waals surface area contributed by atoms with Gasteiger partial charge < -0.3 is 9.30 Å². The molecule has 2 aromatic rings. The summed E-state index contributed by atoms with van der Waals surface area (Å²) < 4.78 is 8.28. The summed E-state index contributed by atoms with van der Waals surface area (Å²) in [5, 5.41) is 0. The molecule has 1 heterocycles. The van der Waals surface area contributed by atoms with Crippen molar-refractivity contribution in [3.63, 3.8) is 0 Å². The van der Waals surface area contributed by atoms with Crippen LogP contribution < -0.4 is 4.80 Å². The third-order valence-electron chi connectivity index (χ3n) is 2.63. The van der Waals surface area contributed by atoms with E-state index in [1.54, 1.807) is 7.11 Å². The quantitative estimate of drug-likeness (QED) is 0.849. The Morgan fingerprint density at radius 1 is 1.44 bits per heavy atom. The number of nitrogens with zero attached hydrogens (tertiary/aromatic N) is 2. The lowest BCUT2D eigenvalue weighted by Crippen LogP contribution is -2.19. The summed E-state index contributed by atoms with van der Waals surface area (Å²) in [7, 11) is 1.67. The maximum atomic E-state index is 11.5. The molecule has 4 nitrogen and oxygen atoms in total. The molecule has 0 unspecified atom stereocenters. The molecule has 0 atom stereocenters. The van der Waals surface area contributed by atoms with Crippen molar-refractivity contribution in [1.29, 1.82) is 0 Å². The molecule has 0 fully saturated rings. The first-order valence-electron chi connectivity index (χ1n) is 5.91. The Labute approximate surface area is 110 Å². The van der Waals surface area contributed by atoms with E-state index in [-0.39, 0.29) is 5.91 Å². The van der Waals surface area contributed by atoms with Gasteiger partial charge in [0.25, 0.3) is 0 Å². The highest BCUT2D eigenvalue weighted by Crippen LogP contribution is 2.16. The van der Waals surface area contributed by atoms with Crippen molar-refractivity contribution >= 4 is 27.5 Å². The van der Waals surface area contributed by atoms with Crippen LogP contribution >= 0.6 is 11.3 Å². The van der Waals surface area contributed by atoms with Crippen LogP contribution in [-0.4, -0.2) is 24.2 Å². The van der Waals surface area contributed by atoms with Crippen LogP contribution in [0, 0.1) is 0 Å². The molecule has 0 aliphatic rings. The van der Waals surface area contributed by atoms with Crippen LogP contribution in [-0.2, 0) is 16.1 Å². The van der Waals surface area contributed by atoms with Crippen molar-refractivity contribution in [2.24, 2.45) is 4.99 Å². The Bertz CT molecular complexity index is 613. The first kappa shape index (κ1) is 13.0. The number of aromatic nitrogens is 1. The van der Waals surface area contributed by atoms with Gasteiger partial charge in [-0.2, -0.15) is 4.99 Å². The van der Waals surface area contributed by atoms with Gasteiger partial charge in [-0.25, -0.2) is 0 Å². The fourth-order valence-electron chi connectivity index (χ4n) is 1.69. The number of benzene rings is 1. The minimum absolute atomic E-state index is 0.0901. The van der Waals surface area contributed by atoms with Gasteiger partial charge in [-0.3, -0.25) is 4.79 Å². The SMILES string of the molecule is CCC(=O)N=c1sc2ccccc2n1CCOC. The molecule has 0 aliphatic heterocycles. The molecular formula is C13H16N2O2S. The van der Waals surface area contributed by atoms with Gasteiger partial charge in [0, 0.05) is 20.1 Å².